The van der Waals surface area contributed by atoms with Gasteiger partial charge in [-0.25, -0.2) is 9.88 Å². The van der Waals surface area contributed by atoms with Crippen molar-refractivity contribution in [3.8, 4) is 0 Å². The van der Waals surface area contributed by atoms with Gasteiger partial charge in [-0.2, -0.15) is 0 Å². The minimum Gasteiger partial charge on any atom is -0.274 e. The number of hydrogen-bond acceptors (Lipinski definition) is 3. The molecule has 0 saturated carbocycles. The van der Waals surface area contributed by atoms with Gasteiger partial charge in [0.25, 0.3) is 0 Å². The van der Waals surface area contributed by atoms with E-state index >= 15 is 0 Å². The van der Waals surface area contributed by atoms with E-state index in [0.29, 0.717) is 12.2 Å². The van der Waals surface area contributed by atoms with Crippen LogP contribution in [0.4, 0.5) is 5.82 Å². The molecule has 1 saturated heterocycles. The highest BCUT2D eigenvalue weighted by Crippen LogP contribution is 2.28. The maximum Gasteiger partial charge on any atom is 0.238 e. The molecule has 0 N–H and O–H groups in total. The standard InChI is InChI=1S/C19H20N2O2/c1-12-7-13(2)9-15(8-12)10-16-11-18(22)21(19(16)23)17-6-4-5-14(3)20-17/h4-9,16H,10-11H2,1-3H3. The summed E-state index contributed by atoms with van der Waals surface area (Å²) in [7, 11) is 0. The Kier molecular flexibility index (Phi) is 3.99. The van der Waals surface area contributed by atoms with Crippen molar-refractivity contribution in [3.05, 3.63) is 58.8 Å². The van der Waals surface area contributed by atoms with Crippen LogP contribution in [0.3, 0.4) is 0 Å². The zero-order valence-electron chi connectivity index (χ0n) is 13.7. The topological polar surface area (TPSA) is 50.3 Å². The van der Waals surface area contributed by atoms with Crippen LogP contribution in [0.1, 0.15) is 28.8 Å². The molecule has 2 heterocycles. The summed E-state index contributed by atoms with van der Waals surface area (Å²) in [6, 6.07) is 11.6. The molecule has 1 atom stereocenters. The van der Waals surface area contributed by atoms with Gasteiger partial charge in [-0.15, -0.1) is 0 Å². The molecule has 3 rings (SSSR count). The fourth-order valence-electron chi connectivity index (χ4n) is 3.22. The number of nitrogens with zero attached hydrogens (tertiary/aromatic N) is 2. The molecular weight excluding hydrogens is 288 g/mol. The molecule has 1 fully saturated rings. The summed E-state index contributed by atoms with van der Waals surface area (Å²) in [6.07, 6.45) is 0.844. The first-order valence-corrected chi connectivity index (χ1v) is 7.81. The lowest BCUT2D eigenvalue weighted by molar-refractivity contribution is -0.122. The second kappa shape index (κ2) is 5.95. The predicted molar refractivity (Wildman–Crippen MR) is 89.2 cm³/mol. The van der Waals surface area contributed by atoms with Crippen LogP contribution in [-0.4, -0.2) is 16.8 Å². The van der Waals surface area contributed by atoms with E-state index in [0.717, 1.165) is 11.3 Å². The highest BCUT2D eigenvalue weighted by Gasteiger charge is 2.40. The molecule has 0 spiro atoms. The summed E-state index contributed by atoms with van der Waals surface area (Å²) in [5.41, 5.74) is 4.25. The molecule has 4 nitrogen and oxygen atoms in total. The van der Waals surface area contributed by atoms with Crippen LogP contribution < -0.4 is 4.90 Å². The number of carbonyl (C=O) groups excluding carboxylic acids is 2. The lowest BCUT2D eigenvalue weighted by Gasteiger charge is -2.14. The van der Waals surface area contributed by atoms with Gasteiger partial charge in [-0.05, 0) is 44.9 Å². The van der Waals surface area contributed by atoms with Gasteiger partial charge in [0.2, 0.25) is 11.8 Å². The Morgan fingerprint density at radius 2 is 1.78 bits per heavy atom. The molecule has 118 valence electrons. The van der Waals surface area contributed by atoms with E-state index in [1.807, 2.05) is 32.9 Å². The Morgan fingerprint density at radius 3 is 2.43 bits per heavy atom. The van der Waals surface area contributed by atoms with Crippen LogP contribution in [0, 0.1) is 26.7 Å². The monoisotopic (exact) mass is 308 g/mol. The number of aryl methyl sites for hydroxylation is 3. The normalized spacial score (nSPS) is 17.9. The molecule has 1 aliphatic rings. The van der Waals surface area contributed by atoms with E-state index in [2.05, 4.69) is 23.2 Å². The molecule has 0 bridgehead atoms. The van der Waals surface area contributed by atoms with Crippen molar-refractivity contribution in [1.82, 2.24) is 4.98 Å². The molecule has 1 aromatic carbocycles. The first-order valence-electron chi connectivity index (χ1n) is 7.81. The molecule has 2 amide bonds. The largest absolute Gasteiger partial charge is 0.274 e. The maximum atomic E-state index is 12.7. The number of pyridine rings is 1. The lowest BCUT2D eigenvalue weighted by Crippen LogP contribution is -2.31. The van der Waals surface area contributed by atoms with Gasteiger partial charge in [0, 0.05) is 12.1 Å². The van der Waals surface area contributed by atoms with Crippen LogP contribution >= 0.6 is 0 Å². The third-order valence-electron chi connectivity index (χ3n) is 4.11. The third kappa shape index (κ3) is 3.16. The van der Waals surface area contributed by atoms with Crippen molar-refractivity contribution < 1.29 is 9.59 Å². The summed E-state index contributed by atoms with van der Waals surface area (Å²) in [5.74, 6) is -0.177. The van der Waals surface area contributed by atoms with Gasteiger partial charge in [-0.3, -0.25) is 9.59 Å². The summed E-state index contributed by atoms with van der Waals surface area (Å²) in [5, 5.41) is 0. The van der Waals surface area contributed by atoms with Gasteiger partial charge in [-0.1, -0.05) is 35.4 Å². The fourth-order valence-corrected chi connectivity index (χ4v) is 3.22. The van der Waals surface area contributed by atoms with Crippen molar-refractivity contribution >= 4 is 17.6 Å². The van der Waals surface area contributed by atoms with E-state index in [-0.39, 0.29) is 24.2 Å². The van der Waals surface area contributed by atoms with Crippen LogP contribution in [0.25, 0.3) is 0 Å². The van der Waals surface area contributed by atoms with Crippen molar-refractivity contribution in [2.24, 2.45) is 5.92 Å². The smallest absolute Gasteiger partial charge is 0.238 e. The first kappa shape index (κ1) is 15.4. The predicted octanol–water partition coefficient (Wildman–Crippen LogP) is 3.13. The number of benzene rings is 1. The Labute approximate surface area is 136 Å². The molecule has 1 aliphatic heterocycles. The third-order valence-corrected chi connectivity index (χ3v) is 4.11. The van der Waals surface area contributed by atoms with Crippen LogP contribution in [0.5, 0.6) is 0 Å². The summed E-state index contributed by atoms with van der Waals surface area (Å²) >= 11 is 0. The SMILES string of the molecule is Cc1cc(C)cc(CC2CC(=O)N(c3cccc(C)n3)C2=O)c1. The Morgan fingerprint density at radius 1 is 1.09 bits per heavy atom. The van der Waals surface area contributed by atoms with Crippen molar-refractivity contribution in [1.29, 1.82) is 0 Å². The van der Waals surface area contributed by atoms with Crippen LogP contribution in [0.15, 0.2) is 36.4 Å². The Bertz CT molecular complexity index is 762. The van der Waals surface area contributed by atoms with Gasteiger partial charge < -0.3 is 0 Å². The quantitative estimate of drug-likeness (QED) is 0.819. The Balaban J connectivity index is 1.83. The molecule has 1 aromatic heterocycles. The molecule has 2 aromatic rings. The van der Waals surface area contributed by atoms with Crippen molar-refractivity contribution in [2.75, 3.05) is 4.90 Å². The first-order chi connectivity index (χ1) is 10.9. The molecule has 1 unspecified atom stereocenters. The number of hydrogen-bond donors (Lipinski definition) is 0. The fraction of sp³-hybridized carbons (Fsp3) is 0.316. The number of anilines is 1. The minimum absolute atomic E-state index is 0.146. The lowest BCUT2D eigenvalue weighted by atomic mass is 9.95. The molecule has 0 aliphatic carbocycles. The Hall–Kier alpha value is -2.49. The van der Waals surface area contributed by atoms with E-state index in [4.69, 9.17) is 0 Å². The van der Waals surface area contributed by atoms with Gasteiger partial charge in [0.1, 0.15) is 5.82 Å². The summed E-state index contributed by atoms with van der Waals surface area (Å²) in [6.45, 7) is 5.93. The van der Waals surface area contributed by atoms with Crippen molar-refractivity contribution in [3.63, 3.8) is 0 Å². The van der Waals surface area contributed by atoms with Gasteiger partial charge in [0.05, 0.1) is 5.92 Å². The maximum absolute atomic E-state index is 12.7. The van der Waals surface area contributed by atoms with Crippen LogP contribution in [0.2, 0.25) is 0 Å². The number of rotatable bonds is 3. The van der Waals surface area contributed by atoms with E-state index in [1.165, 1.54) is 16.0 Å². The number of imide groups is 1. The van der Waals surface area contributed by atoms with Gasteiger partial charge >= 0.3 is 0 Å². The average molecular weight is 308 g/mol. The van der Waals surface area contributed by atoms with Crippen LogP contribution in [-0.2, 0) is 16.0 Å². The summed E-state index contributed by atoms with van der Waals surface area (Å²) in [4.78, 5) is 30.5. The summed E-state index contributed by atoms with van der Waals surface area (Å²) < 4.78 is 0. The molecule has 0 radical (unpaired) electrons. The minimum atomic E-state index is -0.300. The molecule has 23 heavy (non-hydrogen) atoms. The molecular formula is C19H20N2O2. The number of aromatic nitrogens is 1. The van der Waals surface area contributed by atoms with E-state index in [1.54, 1.807) is 6.07 Å². The number of carbonyl (C=O) groups is 2. The number of amides is 2. The molecule has 4 heteroatoms. The highest BCUT2D eigenvalue weighted by atomic mass is 16.2. The second-order valence-corrected chi connectivity index (χ2v) is 6.31. The zero-order chi connectivity index (χ0) is 16.6. The van der Waals surface area contributed by atoms with Gasteiger partial charge in [0.15, 0.2) is 0 Å². The average Bonchev–Trinajstić information content (AvgIpc) is 2.72. The van der Waals surface area contributed by atoms with E-state index in [9.17, 15) is 9.59 Å². The van der Waals surface area contributed by atoms with Crippen molar-refractivity contribution in [2.45, 2.75) is 33.6 Å². The van der Waals surface area contributed by atoms with E-state index < -0.39 is 0 Å². The highest BCUT2D eigenvalue weighted by molar-refractivity contribution is 6.20. The second-order valence-electron chi connectivity index (χ2n) is 6.31. The zero-order valence-corrected chi connectivity index (χ0v) is 13.7.